The molecular weight excluding hydrogens is 316 g/mol. The Morgan fingerprint density at radius 2 is 1.68 bits per heavy atom. The van der Waals surface area contributed by atoms with Gasteiger partial charge in [0.25, 0.3) is 0 Å². The molecule has 0 aromatic rings. The molecule has 0 aliphatic rings. The molecule has 0 radical (unpaired) electrons. The van der Waals surface area contributed by atoms with Crippen molar-refractivity contribution in [2.45, 2.75) is 53.0 Å². The van der Waals surface area contributed by atoms with E-state index in [1.807, 2.05) is 0 Å². The number of aliphatic imine (C=N–C) groups is 1. The Balaban J connectivity index is 4.02. The Hall–Kier alpha value is -0.850. The molecule has 0 bridgehead atoms. The zero-order valence-corrected chi connectivity index (χ0v) is 17.4. The average Bonchev–Trinajstić information content (AvgIpc) is 2.56. The van der Waals surface area contributed by atoms with Crippen molar-refractivity contribution in [2.24, 2.45) is 10.9 Å². The summed E-state index contributed by atoms with van der Waals surface area (Å²) in [5.74, 6) is 1.53. The Labute approximate surface area is 155 Å². The van der Waals surface area contributed by atoms with Crippen molar-refractivity contribution in [3.05, 3.63) is 0 Å². The second-order valence-electron chi connectivity index (χ2n) is 6.97. The minimum Gasteiger partial charge on any atom is -0.379 e. The molecule has 150 valence electrons. The first-order valence-corrected chi connectivity index (χ1v) is 9.85. The fourth-order valence-electron chi connectivity index (χ4n) is 2.34. The van der Waals surface area contributed by atoms with E-state index in [9.17, 15) is 0 Å². The van der Waals surface area contributed by atoms with Crippen molar-refractivity contribution in [1.29, 1.82) is 0 Å². The number of hydrogen-bond acceptors (Lipinski definition) is 4. The van der Waals surface area contributed by atoms with Crippen molar-refractivity contribution < 1.29 is 9.47 Å². The van der Waals surface area contributed by atoms with Crippen LogP contribution in [0, 0.1) is 5.92 Å². The Kier molecular flexibility index (Phi) is 16.0. The van der Waals surface area contributed by atoms with Gasteiger partial charge in [-0.05, 0) is 39.8 Å². The maximum atomic E-state index is 5.58. The summed E-state index contributed by atoms with van der Waals surface area (Å²) < 4.78 is 11.1. The van der Waals surface area contributed by atoms with Crippen molar-refractivity contribution >= 4 is 5.96 Å². The molecular formula is C19H42N4O2. The third-order valence-electron chi connectivity index (χ3n) is 3.83. The third-order valence-corrected chi connectivity index (χ3v) is 3.83. The predicted octanol–water partition coefficient (Wildman–Crippen LogP) is 2.35. The lowest BCUT2D eigenvalue weighted by atomic mass is 10.0. The molecule has 0 amide bonds. The van der Waals surface area contributed by atoms with Crippen LogP contribution >= 0.6 is 0 Å². The van der Waals surface area contributed by atoms with Crippen LogP contribution in [-0.2, 0) is 9.47 Å². The standard InChI is InChI=1S/C19H42N4O2/c1-7-9-11-24-13-14-25-12-10-21-19(20-8-2)22-16-18(23(5)6)15-17(3)4/h17-18H,7-16H2,1-6H3,(H2,20,21,22). The minimum absolute atomic E-state index is 0.465. The molecule has 0 saturated heterocycles. The number of nitrogens with zero attached hydrogens (tertiary/aromatic N) is 2. The van der Waals surface area contributed by atoms with Crippen LogP contribution in [0.4, 0.5) is 0 Å². The molecule has 0 fully saturated rings. The SMILES string of the molecule is CCCCOCCOCCNC(=NCC(CC(C)C)N(C)C)NCC. The number of nitrogens with one attached hydrogen (secondary N) is 2. The van der Waals surface area contributed by atoms with E-state index < -0.39 is 0 Å². The maximum absolute atomic E-state index is 5.58. The smallest absolute Gasteiger partial charge is 0.191 e. The van der Waals surface area contributed by atoms with E-state index in [2.05, 4.69) is 57.3 Å². The number of rotatable bonds is 15. The second kappa shape index (κ2) is 16.6. The van der Waals surface area contributed by atoms with Crippen LogP contribution in [0.2, 0.25) is 0 Å². The van der Waals surface area contributed by atoms with Gasteiger partial charge < -0.3 is 25.0 Å². The van der Waals surface area contributed by atoms with Gasteiger partial charge in [-0.3, -0.25) is 4.99 Å². The quantitative estimate of drug-likeness (QED) is 0.267. The van der Waals surface area contributed by atoms with E-state index in [1.54, 1.807) is 0 Å². The lowest BCUT2D eigenvalue weighted by Crippen LogP contribution is -2.40. The number of guanidine groups is 1. The highest BCUT2D eigenvalue weighted by Crippen LogP contribution is 2.09. The van der Waals surface area contributed by atoms with Gasteiger partial charge in [0.05, 0.1) is 26.4 Å². The van der Waals surface area contributed by atoms with Crippen LogP contribution in [0.1, 0.15) is 47.0 Å². The lowest BCUT2D eigenvalue weighted by molar-refractivity contribution is 0.0487. The molecule has 25 heavy (non-hydrogen) atoms. The van der Waals surface area contributed by atoms with E-state index in [4.69, 9.17) is 14.5 Å². The Morgan fingerprint density at radius 3 is 2.24 bits per heavy atom. The van der Waals surface area contributed by atoms with Gasteiger partial charge in [0.1, 0.15) is 0 Å². The van der Waals surface area contributed by atoms with E-state index in [0.29, 0.717) is 31.8 Å². The van der Waals surface area contributed by atoms with Crippen molar-refractivity contribution in [3.63, 3.8) is 0 Å². The molecule has 0 saturated carbocycles. The van der Waals surface area contributed by atoms with Crippen molar-refractivity contribution in [2.75, 3.05) is 60.2 Å². The largest absolute Gasteiger partial charge is 0.379 e. The maximum Gasteiger partial charge on any atom is 0.191 e. The molecule has 0 rings (SSSR count). The van der Waals surface area contributed by atoms with Gasteiger partial charge in [0.2, 0.25) is 0 Å². The first kappa shape index (κ1) is 24.1. The summed E-state index contributed by atoms with van der Waals surface area (Å²) >= 11 is 0. The summed E-state index contributed by atoms with van der Waals surface area (Å²) in [6.45, 7) is 14.0. The summed E-state index contributed by atoms with van der Waals surface area (Å²) in [7, 11) is 4.25. The zero-order chi connectivity index (χ0) is 18.9. The van der Waals surface area contributed by atoms with Crippen LogP contribution in [0.3, 0.4) is 0 Å². The third kappa shape index (κ3) is 15.1. The summed E-state index contributed by atoms with van der Waals surface area (Å²) in [5.41, 5.74) is 0. The van der Waals surface area contributed by atoms with Crippen LogP contribution in [-0.4, -0.2) is 77.1 Å². The first-order valence-electron chi connectivity index (χ1n) is 9.85. The molecule has 6 heteroatoms. The molecule has 0 spiro atoms. The molecule has 2 N–H and O–H groups in total. The molecule has 0 heterocycles. The second-order valence-corrected chi connectivity index (χ2v) is 6.97. The van der Waals surface area contributed by atoms with Gasteiger partial charge >= 0.3 is 0 Å². The van der Waals surface area contributed by atoms with Gasteiger partial charge in [-0.2, -0.15) is 0 Å². The summed E-state index contributed by atoms with van der Waals surface area (Å²) in [4.78, 5) is 6.99. The predicted molar refractivity (Wildman–Crippen MR) is 107 cm³/mol. The van der Waals surface area contributed by atoms with E-state index >= 15 is 0 Å². The molecule has 1 unspecified atom stereocenters. The van der Waals surface area contributed by atoms with Gasteiger partial charge in [-0.15, -0.1) is 0 Å². The van der Waals surface area contributed by atoms with Gasteiger partial charge in [-0.25, -0.2) is 0 Å². The molecule has 0 aliphatic carbocycles. The zero-order valence-electron chi connectivity index (χ0n) is 17.4. The van der Waals surface area contributed by atoms with Crippen molar-refractivity contribution in [1.82, 2.24) is 15.5 Å². The van der Waals surface area contributed by atoms with Crippen LogP contribution in [0.15, 0.2) is 4.99 Å². The highest BCUT2D eigenvalue weighted by molar-refractivity contribution is 5.79. The number of likely N-dealkylation sites (N-methyl/N-ethyl adjacent to an activating group) is 1. The topological polar surface area (TPSA) is 58.1 Å². The fraction of sp³-hybridized carbons (Fsp3) is 0.947. The van der Waals surface area contributed by atoms with Crippen LogP contribution in [0.5, 0.6) is 0 Å². The van der Waals surface area contributed by atoms with Crippen molar-refractivity contribution in [3.8, 4) is 0 Å². The summed E-state index contributed by atoms with van der Waals surface area (Å²) in [5, 5.41) is 6.63. The molecule has 0 aromatic carbocycles. The lowest BCUT2D eigenvalue weighted by Gasteiger charge is -2.24. The molecule has 0 aromatic heterocycles. The van der Waals surface area contributed by atoms with E-state index in [1.165, 1.54) is 6.42 Å². The van der Waals surface area contributed by atoms with Crippen LogP contribution in [0.25, 0.3) is 0 Å². The van der Waals surface area contributed by atoms with E-state index in [-0.39, 0.29) is 0 Å². The molecule has 1 atom stereocenters. The summed E-state index contributed by atoms with van der Waals surface area (Å²) in [6.07, 6.45) is 3.44. The molecule has 0 aliphatic heterocycles. The number of unbranched alkanes of at least 4 members (excludes halogenated alkanes) is 1. The van der Waals surface area contributed by atoms with Gasteiger partial charge in [0.15, 0.2) is 5.96 Å². The normalized spacial score (nSPS) is 13.5. The van der Waals surface area contributed by atoms with E-state index in [0.717, 1.165) is 45.0 Å². The minimum atomic E-state index is 0.465. The highest BCUT2D eigenvalue weighted by Gasteiger charge is 2.13. The highest BCUT2D eigenvalue weighted by atomic mass is 16.5. The van der Waals surface area contributed by atoms with Gasteiger partial charge in [-0.1, -0.05) is 27.2 Å². The number of ether oxygens (including phenoxy) is 2. The monoisotopic (exact) mass is 358 g/mol. The Bertz CT molecular complexity index is 323. The first-order chi connectivity index (χ1) is 12.0. The number of hydrogen-bond donors (Lipinski definition) is 2. The average molecular weight is 359 g/mol. The van der Waals surface area contributed by atoms with Gasteiger partial charge in [0, 0.05) is 25.7 Å². The Morgan fingerprint density at radius 1 is 1.00 bits per heavy atom. The van der Waals surface area contributed by atoms with Crippen LogP contribution < -0.4 is 10.6 Å². The summed E-state index contributed by atoms with van der Waals surface area (Å²) in [6, 6.07) is 0.465. The fourth-order valence-corrected chi connectivity index (χ4v) is 2.34. The molecule has 6 nitrogen and oxygen atoms in total.